The molecule has 0 aromatic rings. The van der Waals surface area contributed by atoms with Gasteiger partial charge in [0, 0.05) is 0 Å². The zero-order chi connectivity index (χ0) is 12.9. The molecule has 7 heteroatoms. The number of carbonyl (C=O) groups excluding carboxylic acids is 2. The van der Waals surface area contributed by atoms with Gasteiger partial charge in [-0.3, -0.25) is 14.4 Å². The fourth-order valence-electron chi connectivity index (χ4n) is 1.68. The first-order valence-electron chi connectivity index (χ1n) is 5.46. The second-order valence-corrected chi connectivity index (χ2v) is 4.22. The fourth-order valence-corrected chi connectivity index (χ4v) is 1.68. The number of amides is 2. The topological polar surface area (TPSA) is 108 Å². The van der Waals surface area contributed by atoms with Crippen molar-refractivity contribution in [1.82, 2.24) is 16.0 Å². The standard InChI is InChI=1S/C10H17N3O4/c1-10(3-2-4-13-10)9(17)12-5-7(14)11-6-8(15)16/h13H,2-6H2,1H3,(H,11,14)(H,12,17)(H,15,16). The van der Waals surface area contributed by atoms with Gasteiger partial charge in [0.15, 0.2) is 0 Å². The normalized spacial score (nSPS) is 23.1. The van der Waals surface area contributed by atoms with Gasteiger partial charge >= 0.3 is 5.97 Å². The summed E-state index contributed by atoms with van der Waals surface area (Å²) in [4.78, 5) is 33.1. The van der Waals surface area contributed by atoms with Crippen LogP contribution in [0.15, 0.2) is 0 Å². The van der Waals surface area contributed by atoms with Crippen molar-refractivity contribution < 1.29 is 19.5 Å². The molecular formula is C10H17N3O4. The van der Waals surface area contributed by atoms with Gasteiger partial charge in [-0.15, -0.1) is 0 Å². The first-order chi connectivity index (χ1) is 7.94. The van der Waals surface area contributed by atoms with E-state index in [1.165, 1.54) is 0 Å². The highest BCUT2D eigenvalue weighted by Crippen LogP contribution is 2.17. The number of hydrogen-bond donors (Lipinski definition) is 4. The van der Waals surface area contributed by atoms with Gasteiger partial charge in [0.25, 0.3) is 0 Å². The summed E-state index contributed by atoms with van der Waals surface area (Å²) in [6.07, 6.45) is 1.66. The van der Waals surface area contributed by atoms with Crippen molar-refractivity contribution in [3.63, 3.8) is 0 Å². The van der Waals surface area contributed by atoms with Crippen LogP contribution in [0.25, 0.3) is 0 Å². The monoisotopic (exact) mass is 243 g/mol. The molecule has 0 aliphatic carbocycles. The smallest absolute Gasteiger partial charge is 0.322 e. The number of nitrogens with one attached hydrogen (secondary N) is 3. The molecule has 1 fully saturated rings. The van der Waals surface area contributed by atoms with Crippen LogP contribution in [0.2, 0.25) is 0 Å². The first kappa shape index (κ1) is 13.4. The Bertz CT molecular complexity index is 324. The molecule has 1 aliphatic rings. The molecule has 0 bridgehead atoms. The van der Waals surface area contributed by atoms with E-state index in [1.54, 1.807) is 6.92 Å². The van der Waals surface area contributed by atoms with Crippen LogP contribution in [0.4, 0.5) is 0 Å². The molecule has 17 heavy (non-hydrogen) atoms. The molecule has 0 spiro atoms. The zero-order valence-corrected chi connectivity index (χ0v) is 9.71. The minimum Gasteiger partial charge on any atom is -0.480 e. The summed E-state index contributed by atoms with van der Waals surface area (Å²) in [5, 5.41) is 16.1. The molecule has 0 radical (unpaired) electrons. The van der Waals surface area contributed by atoms with E-state index in [0.717, 1.165) is 19.4 Å². The molecule has 1 atom stereocenters. The van der Waals surface area contributed by atoms with E-state index in [0.29, 0.717) is 0 Å². The third-order valence-corrected chi connectivity index (χ3v) is 2.72. The van der Waals surface area contributed by atoms with Gasteiger partial charge in [0.05, 0.1) is 12.1 Å². The number of aliphatic carboxylic acids is 1. The van der Waals surface area contributed by atoms with Gasteiger partial charge in [0.1, 0.15) is 6.54 Å². The Morgan fingerprint density at radius 3 is 2.53 bits per heavy atom. The van der Waals surface area contributed by atoms with E-state index >= 15 is 0 Å². The molecule has 1 rings (SSSR count). The average molecular weight is 243 g/mol. The van der Waals surface area contributed by atoms with E-state index < -0.39 is 24.0 Å². The second kappa shape index (κ2) is 5.62. The van der Waals surface area contributed by atoms with E-state index in [1.807, 2.05) is 0 Å². The van der Waals surface area contributed by atoms with Crippen molar-refractivity contribution in [3.8, 4) is 0 Å². The highest BCUT2D eigenvalue weighted by molar-refractivity contribution is 5.90. The summed E-state index contributed by atoms with van der Waals surface area (Å²) in [6.45, 7) is 1.92. The molecule has 96 valence electrons. The molecular weight excluding hydrogens is 226 g/mol. The van der Waals surface area contributed by atoms with Crippen LogP contribution in [0, 0.1) is 0 Å². The third-order valence-electron chi connectivity index (χ3n) is 2.72. The largest absolute Gasteiger partial charge is 0.480 e. The molecule has 1 aliphatic heterocycles. The van der Waals surface area contributed by atoms with E-state index in [-0.39, 0.29) is 12.5 Å². The van der Waals surface area contributed by atoms with Gasteiger partial charge in [0.2, 0.25) is 11.8 Å². The molecule has 1 saturated heterocycles. The van der Waals surface area contributed by atoms with Crippen molar-refractivity contribution in [2.75, 3.05) is 19.6 Å². The van der Waals surface area contributed by atoms with Crippen LogP contribution in [0.5, 0.6) is 0 Å². The predicted molar refractivity (Wildman–Crippen MR) is 59.3 cm³/mol. The lowest BCUT2D eigenvalue weighted by molar-refractivity contribution is -0.137. The molecule has 0 aromatic carbocycles. The van der Waals surface area contributed by atoms with Crippen LogP contribution in [-0.4, -0.2) is 48.1 Å². The number of carboxylic acids is 1. The average Bonchev–Trinajstić information content (AvgIpc) is 2.71. The van der Waals surface area contributed by atoms with Crippen LogP contribution < -0.4 is 16.0 Å². The van der Waals surface area contributed by atoms with E-state index in [4.69, 9.17) is 5.11 Å². The van der Waals surface area contributed by atoms with Crippen LogP contribution in [-0.2, 0) is 14.4 Å². The summed E-state index contributed by atoms with van der Waals surface area (Å²) < 4.78 is 0. The Morgan fingerprint density at radius 2 is 2.00 bits per heavy atom. The van der Waals surface area contributed by atoms with Crippen molar-refractivity contribution >= 4 is 17.8 Å². The zero-order valence-electron chi connectivity index (χ0n) is 9.71. The minimum atomic E-state index is -1.12. The Morgan fingerprint density at radius 1 is 1.29 bits per heavy atom. The molecule has 1 unspecified atom stereocenters. The van der Waals surface area contributed by atoms with E-state index in [2.05, 4.69) is 16.0 Å². The van der Waals surface area contributed by atoms with Crippen LogP contribution >= 0.6 is 0 Å². The quantitative estimate of drug-likeness (QED) is 0.467. The Kier molecular flexibility index (Phi) is 4.45. The maximum absolute atomic E-state index is 11.7. The van der Waals surface area contributed by atoms with Crippen molar-refractivity contribution in [3.05, 3.63) is 0 Å². The Labute approximate surface area is 98.9 Å². The fraction of sp³-hybridized carbons (Fsp3) is 0.700. The summed E-state index contributed by atoms with van der Waals surface area (Å²) in [5.41, 5.74) is -0.618. The van der Waals surface area contributed by atoms with Gasteiger partial charge in [-0.05, 0) is 26.3 Å². The molecule has 1 heterocycles. The van der Waals surface area contributed by atoms with Crippen molar-refractivity contribution in [1.29, 1.82) is 0 Å². The van der Waals surface area contributed by atoms with Gasteiger partial charge in [-0.2, -0.15) is 0 Å². The maximum Gasteiger partial charge on any atom is 0.322 e. The third kappa shape index (κ3) is 4.03. The summed E-state index contributed by atoms with van der Waals surface area (Å²) in [7, 11) is 0. The van der Waals surface area contributed by atoms with Gasteiger partial charge < -0.3 is 21.1 Å². The molecule has 0 saturated carbocycles. The predicted octanol–water partition coefficient (Wildman–Crippen LogP) is -1.55. The number of carbonyl (C=O) groups is 3. The Hall–Kier alpha value is -1.63. The Balaban J connectivity index is 2.28. The number of rotatable bonds is 5. The lowest BCUT2D eigenvalue weighted by atomic mass is 9.99. The highest BCUT2D eigenvalue weighted by atomic mass is 16.4. The number of carboxylic acid groups (broad SMARTS) is 1. The minimum absolute atomic E-state index is 0.205. The lowest BCUT2D eigenvalue weighted by Crippen LogP contribution is -2.53. The molecule has 0 aromatic heterocycles. The summed E-state index contributed by atoms with van der Waals surface area (Å²) in [6, 6.07) is 0. The van der Waals surface area contributed by atoms with E-state index in [9.17, 15) is 14.4 Å². The summed E-state index contributed by atoms with van der Waals surface area (Å²) >= 11 is 0. The second-order valence-electron chi connectivity index (χ2n) is 4.22. The lowest BCUT2D eigenvalue weighted by Gasteiger charge is -2.22. The highest BCUT2D eigenvalue weighted by Gasteiger charge is 2.35. The SMILES string of the molecule is CC1(C(=O)NCC(=O)NCC(=O)O)CCCN1. The van der Waals surface area contributed by atoms with Crippen molar-refractivity contribution in [2.45, 2.75) is 25.3 Å². The van der Waals surface area contributed by atoms with Gasteiger partial charge in [-0.1, -0.05) is 0 Å². The van der Waals surface area contributed by atoms with Crippen LogP contribution in [0.1, 0.15) is 19.8 Å². The maximum atomic E-state index is 11.7. The van der Waals surface area contributed by atoms with Crippen molar-refractivity contribution in [2.24, 2.45) is 0 Å². The molecule has 2 amide bonds. The summed E-state index contributed by atoms with van der Waals surface area (Å²) in [5.74, 6) is -1.86. The van der Waals surface area contributed by atoms with Crippen LogP contribution in [0.3, 0.4) is 0 Å². The number of hydrogen-bond acceptors (Lipinski definition) is 4. The molecule has 7 nitrogen and oxygen atoms in total. The molecule has 4 N–H and O–H groups in total. The van der Waals surface area contributed by atoms with Gasteiger partial charge in [-0.25, -0.2) is 0 Å². The first-order valence-corrected chi connectivity index (χ1v) is 5.46.